The summed E-state index contributed by atoms with van der Waals surface area (Å²) in [5, 5.41) is 0. The van der Waals surface area contributed by atoms with E-state index < -0.39 is 0 Å². The molecular weight excluding hydrogens is 320 g/mol. The summed E-state index contributed by atoms with van der Waals surface area (Å²) in [7, 11) is 0. The molecule has 0 unspecified atom stereocenters. The molecule has 0 aliphatic heterocycles. The average molecular weight is 367 g/mol. The fourth-order valence-electron chi connectivity index (χ4n) is 2.80. The third kappa shape index (κ3) is 15.5. The quantitative estimate of drug-likeness (QED) is 0.148. The van der Waals surface area contributed by atoms with Crippen LogP contribution in [0.25, 0.3) is 0 Å². The van der Waals surface area contributed by atoms with Gasteiger partial charge in [0.1, 0.15) is 5.60 Å². The SMILES string of the molecule is CCCCCCCCC=CCCCCCCCC(=O)OC(C)(C)C(C)C. The lowest BCUT2D eigenvalue weighted by atomic mass is 9.94. The number of hydrogen-bond acceptors (Lipinski definition) is 2. The highest BCUT2D eigenvalue weighted by Gasteiger charge is 2.26. The van der Waals surface area contributed by atoms with Crippen LogP contribution in [0.15, 0.2) is 12.2 Å². The molecule has 2 nitrogen and oxygen atoms in total. The highest BCUT2D eigenvalue weighted by atomic mass is 16.6. The molecule has 0 N–H and O–H groups in total. The van der Waals surface area contributed by atoms with Crippen LogP contribution in [0.3, 0.4) is 0 Å². The molecule has 0 saturated carbocycles. The number of hydrogen-bond donors (Lipinski definition) is 0. The lowest BCUT2D eigenvalue weighted by Gasteiger charge is -2.29. The van der Waals surface area contributed by atoms with E-state index in [0.29, 0.717) is 12.3 Å². The van der Waals surface area contributed by atoms with Crippen molar-refractivity contribution in [2.75, 3.05) is 0 Å². The minimum Gasteiger partial charge on any atom is -0.459 e. The van der Waals surface area contributed by atoms with Crippen LogP contribution < -0.4 is 0 Å². The van der Waals surface area contributed by atoms with E-state index in [-0.39, 0.29) is 11.6 Å². The minimum atomic E-state index is -0.348. The van der Waals surface area contributed by atoms with Crippen LogP contribution in [0.2, 0.25) is 0 Å². The second-order valence-corrected chi connectivity index (χ2v) is 8.57. The first-order chi connectivity index (χ1) is 12.4. The van der Waals surface area contributed by atoms with E-state index in [4.69, 9.17) is 4.74 Å². The van der Waals surface area contributed by atoms with Crippen LogP contribution in [-0.2, 0) is 9.53 Å². The molecule has 0 heterocycles. The van der Waals surface area contributed by atoms with E-state index in [9.17, 15) is 4.79 Å². The molecule has 0 spiro atoms. The van der Waals surface area contributed by atoms with Gasteiger partial charge in [-0.15, -0.1) is 0 Å². The standard InChI is InChI=1S/C24H46O2/c1-6-7-8-9-10-11-12-13-14-15-16-17-18-19-20-21-23(25)26-24(4,5)22(2)3/h13-14,22H,6-12,15-21H2,1-5H3. The molecule has 0 atom stereocenters. The van der Waals surface area contributed by atoms with Gasteiger partial charge in [-0.25, -0.2) is 0 Å². The summed E-state index contributed by atoms with van der Waals surface area (Å²) >= 11 is 0. The molecule has 26 heavy (non-hydrogen) atoms. The molecule has 0 aromatic heterocycles. The summed E-state index contributed by atoms with van der Waals surface area (Å²) < 4.78 is 5.57. The van der Waals surface area contributed by atoms with Crippen molar-refractivity contribution < 1.29 is 9.53 Å². The molecule has 0 aromatic rings. The van der Waals surface area contributed by atoms with Gasteiger partial charge in [0, 0.05) is 6.42 Å². The highest BCUT2D eigenvalue weighted by molar-refractivity contribution is 5.69. The highest BCUT2D eigenvalue weighted by Crippen LogP contribution is 2.21. The number of carbonyl (C=O) groups is 1. The van der Waals surface area contributed by atoms with Gasteiger partial charge in [0.05, 0.1) is 0 Å². The summed E-state index contributed by atoms with van der Waals surface area (Å²) in [4.78, 5) is 11.9. The van der Waals surface area contributed by atoms with Gasteiger partial charge in [-0.1, -0.05) is 84.3 Å². The summed E-state index contributed by atoms with van der Waals surface area (Å²) in [5.41, 5.74) is -0.348. The van der Waals surface area contributed by atoms with Gasteiger partial charge in [-0.2, -0.15) is 0 Å². The number of allylic oxidation sites excluding steroid dienone is 2. The second-order valence-electron chi connectivity index (χ2n) is 8.57. The zero-order chi connectivity index (χ0) is 19.7. The number of unbranched alkanes of at least 4 members (excludes halogenated alkanes) is 11. The maximum absolute atomic E-state index is 11.9. The first-order valence-electron chi connectivity index (χ1n) is 11.3. The number of carbonyl (C=O) groups excluding carboxylic acids is 1. The fraction of sp³-hybridized carbons (Fsp3) is 0.875. The van der Waals surface area contributed by atoms with Crippen LogP contribution in [0.4, 0.5) is 0 Å². The number of rotatable bonds is 17. The Balaban J connectivity index is 3.38. The third-order valence-corrected chi connectivity index (χ3v) is 5.41. The summed E-state index contributed by atoms with van der Waals surface area (Å²) in [6.07, 6.45) is 21.9. The van der Waals surface area contributed by atoms with Gasteiger partial charge < -0.3 is 4.74 Å². The zero-order valence-corrected chi connectivity index (χ0v) is 18.4. The summed E-state index contributed by atoms with van der Waals surface area (Å²) in [5.74, 6) is 0.307. The van der Waals surface area contributed by atoms with E-state index >= 15 is 0 Å². The lowest BCUT2D eigenvalue weighted by Crippen LogP contribution is -2.33. The second kappa shape index (κ2) is 16.4. The number of esters is 1. The summed E-state index contributed by atoms with van der Waals surface area (Å²) in [6.45, 7) is 10.4. The molecule has 0 fully saturated rings. The van der Waals surface area contributed by atoms with Crippen molar-refractivity contribution in [3.8, 4) is 0 Å². The number of ether oxygens (including phenoxy) is 1. The molecular formula is C24H46O2. The maximum atomic E-state index is 11.9. The molecule has 0 amide bonds. The smallest absolute Gasteiger partial charge is 0.306 e. The molecule has 154 valence electrons. The van der Waals surface area contributed by atoms with E-state index in [1.165, 1.54) is 70.6 Å². The van der Waals surface area contributed by atoms with Crippen LogP contribution >= 0.6 is 0 Å². The van der Waals surface area contributed by atoms with E-state index in [0.717, 1.165) is 12.8 Å². The average Bonchev–Trinajstić information content (AvgIpc) is 2.57. The maximum Gasteiger partial charge on any atom is 0.306 e. The largest absolute Gasteiger partial charge is 0.459 e. The van der Waals surface area contributed by atoms with Crippen molar-refractivity contribution in [3.63, 3.8) is 0 Å². The van der Waals surface area contributed by atoms with Gasteiger partial charge >= 0.3 is 5.97 Å². The first kappa shape index (κ1) is 25.2. The van der Waals surface area contributed by atoms with E-state index in [2.05, 4.69) is 32.9 Å². The van der Waals surface area contributed by atoms with Gasteiger partial charge in [0.15, 0.2) is 0 Å². The van der Waals surface area contributed by atoms with Crippen LogP contribution in [0, 0.1) is 5.92 Å². The predicted octanol–water partition coefficient (Wildman–Crippen LogP) is 8.00. The Morgan fingerprint density at radius 2 is 1.27 bits per heavy atom. The topological polar surface area (TPSA) is 26.3 Å². The lowest BCUT2D eigenvalue weighted by molar-refractivity contribution is -0.160. The monoisotopic (exact) mass is 366 g/mol. The summed E-state index contributed by atoms with van der Waals surface area (Å²) in [6, 6.07) is 0. The predicted molar refractivity (Wildman–Crippen MR) is 114 cm³/mol. The Morgan fingerprint density at radius 3 is 1.77 bits per heavy atom. The van der Waals surface area contributed by atoms with Crippen molar-refractivity contribution in [1.82, 2.24) is 0 Å². The molecule has 0 radical (unpaired) electrons. The Kier molecular flexibility index (Phi) is 15.9. The van der Waals surface area contributed by atoms with E-state index in [1.54, 1.807) is 0 Å². The Morgan fingerprint density at radius 1 is 0.808 bits per heavy atom. The Bertz CT molecular complexity index is 355. The third-order valence-electron chi connectivity index (χ3n) is 5.41. The first-order valence-corrected chi connectivity index (χ1v) is 11.3. The van der Waals surface area contributed by atoms with Gasteiger partial charge in [-0.05, 0) is 51.9 Å². The van der Waals surface area contributed by atoms with Crippen LogP contribution in [0.1, 0.15) is 125 Å². The van der Waals surface area contributed by atoms with E-state index in [1.807, 2.05) is 13.8 Å². The van der Waals surface area contributed by atoms with Crippen molar-refractivity contribution >= 4 is 5.97 Å². The molecule has 2 heteroatoms. The van der Waals surface area contributed by atoms with Crippen molar-refractivity contribution in [3.05, 3.63) is 12.2 Å². The van der Waals surface area contributed by atoms with Gasteiger partial charge in [0.2, 0.25) is 0 Å². The van der Waals surface area contributed by atoms with Gasteiger partial charge in [-0.3, -0.25) is 4.79 Å². The minimum absolute atomic E-state index is 0.0404. The Hall–Kier alpha value is -0.790. The van der Waals surface area contributed by atoms with Crippen LogP contribution in [0.5, 0.6) is 0 Å². The molecule has 0 rings (SSSR count). The molecule has 0 aliphatic rings. The van der Waals surface area contributed by atoms with Crippen molar-refractivity contribution in [2.24, 2.45) is 5.92 Å². The zero-order valence-electron chi connectivity index (χ0n) is 18.4. The Labute approximate surface area is 164 Å². The van der Waals surface area contributed by atoms with Crippen molar-refractivity contribution in [1.29, 1.82) is 0 Å². The fourth-order valence-corrected chi connectivity index (χ4v) is 2.80. The van der Waals surface area contributed by atoms with Gasteiger partial charge in [0.25, 0.3) is 0 Å². The molecule has 0 aliphatic carbocycles. The van der Waals surface area contributed by atoms with Crippen LogP contribution in [-0.4, -0.2) is 11.6 Å². The van der Waals surface area contributed by atoms with Crippen molar-refractivity contribution in [2.45, 2.75) is 130 Å². The normalized spacial score (nSPS) is 12.2. The molecule has 0 saturated heterocycles. The molecule has 0 bridgehead atoms. The molecule has 0 aromatic carbocycles.